The zero-order chi connectivity index (χ0) is 18.1. The summed E-state index contributed by atoms with van der Waals surface area (Å²) in [4.78, 5) is 8.66. The zero-order valence-electron chi connectivity index (χ0n) is 16.6. The molecule has 5 heteroatoms. The van der Waals surface area contributed by atoms with Crippen LogP contribution in [0.2, 0.25) is 0 Å². The van der Waals surface area contributed by atoms with E-state index in [4.69, 9.17) is 0 Å². The quantitative estimate of drug-likeness (QED) is 0.428. The smallest absolute Gasteiger partial charge is 0.191 e. The van der Waals surface area contributed by atoms with Crippen molar-refractivity contribution in [2.75, 3.05) is 13.6 Å². The molecule has 1 saturated carbocycles. The SMILES string of the molecule is CN=C(NCCCCn1ccnc1C)NC(C)C(C)C1CCCCC1. The topological polar surface area (TPSA) is 54.2 Å². The van der Waals surface area contributed by atoms with E-state index in [1.807, 2.05) is 13.2 Å². The highest BCUT2D eigenvalue weighted by molar-refractivity contribution is 5.79. The normalized spacial score (nSPS) is 18.8. The average Bonchev–Trinajstić information content (AvgIpc) is 3.05. The van der Waals surface area contributed by atoms with Gasteiger partial charge in [0.2, 0.25) is 0 Å². The fraction of sp³-hybridized carbons (Fsp3) is 0.800. The third kappa shape index (κ3) is 6.37. The molecule has 0 spiro atoms. The van der Waals surface area contributed by atoms with Gasteiger partial charge in [0.05, 0.1) is 0 Å². The molecule has 1 aromatic rings. The van der Waals surface area contributed by atoms with Crippen molar-refractivity contribution in [2.45, 2.75) is 78.3 Å². The Bertz CT molecular complexity index is 516. The molecule has 142 valence electrons. The Hall–Kier alpha value is -1.52. The number of nitrogens with one attached hydrogen (secondary N) is 2. The third-order valence-corrected chi connectivity index (χ3v) is 5.81. The number of hydrogen-bond acceptors (Lipinski definition) is 2. The van der Waals surface area contributed by atoms with Crippen molar-refractivity contribution in [3.8, 4) is 0 Å². The number of unbranched alkanes of at least 4 members (excludes halogenated alkanes) is 1. The molecule has 1 fully saturated rings. The highest BCUT2D eigenvalue weighted by Gasteiger charge is 2.24. The molecule has 2 N–H and O–H groups in total. The maximum Gasteiger partial charge on any atom is 0.191 e. The molecule has 1 aromatic heterocycles. The molecule has 0 aromatic carbocycles. The van der Waals surface area contributed by atoms with Crippen LogP contribution in [0.15, 0.2) is 17.4 Å². The van der Waals surface area contributed by atoms with E-state index >= 15 is 0 Å². The average molecular weight is 348 g/mol. The summed E-state index contributed by atoms with van der Waals surface area (Å²) in [5.41, 5.74) is 0. The lowest BCUT2D eigenvalue weighted by atomic mass is 9.78. The van der Waals surface area contributed by atoms with Gasteiger partial charge < -0.3 is 15.2 Å². The van der Waals surface area contributed by atoms with Crippen molar-refractivity contribution >= 4 is 5.96 Å². The zero-order valence-corrected chi connectivity index (χ0v) is 16.6. The Balaban J connectivity index is 1.64. The van der Waals surface area contributed by atoms with Crippen LogP contribution in [0.5, 0.6) is 0 Å². The minimum Gasteiger partial charge on any atom is -0.356 e. The van der Waals surface area contributed by atoms with Gasteiger partial charge in [0, 0.05) is 38.6 Å². The van der Waals surface area contributed by atoms with E-state index in [1.54, 1.807) is 0 Å². The number of aliphatic imine (C=N–C) groups is 1. The standard InChI is InChI=1S/C20H37N5/c1-16(19-10-6-5-7-11-19)17(2)24-20(21-4)23-12-8-9-14-25-15-13-22-18(25)3/h13,15-17,19H,5-12,14H2,1-4H3,(H2,21,23,24). The van der Waals surface area contributed by atoms with Crippen LogP contribution in [-0.2, 0) is 6.54 Å². The number of guanidine groups is 1. The predicted octanol–water partition coefficient (Wildman–Crippen LogP) is 3.74. The molecule has 2 rings (SSSR count). The van der Waals surface area contributed by atoms with Gasteiger partial charge in [-0.3, -0.25) is 4.99 Å². The molecular formula is C20H37N5. The number of nitrogens with zero attached hydrogens (tertiary/aromatic N) is 3. The van der Waals surface area contributed by atoms with Crippen molar-refractivity contribution < 1.29 is 0 Å². The fourth-order valence-corrected chi connectivity index (χ4v) is 3.86. The summed E-state index contributed by atoms with van der Waals surface area (Å²) in [5.74, 6) is 3.60. The lowest BCUT2D eigenvalue weighted by molar-refractivity contribution is 0.229. The molecule has 0 saturated heterocycles. The summed E-state index contributed by atoms with van der Waals surface area (Å²) in [7, 11) is 1.86. The predicted molar refractivity (Wildman–Crippen MR) is 106 cm³/mol. The van der Waals surface area contributed by atoms with Gasteiger partial charge in [-0.2, -0.15) is 0 Å². The third-order valence-electron chi connectivity index (χ3n) is 5.81. The van der Waals surface area contributed by atoms with Gasteiger partial charge in [0.15, 0.2) is 5.96 Å². The van der Waals surface area contributed by atoms with Crippen molar-refractivity contribution in [3.05, 3.63) is 18.2 Å². The molecule has 5 nitrogen and oxygen atoms in total. The Morgan fingerprint density at radius 3 is 2.68 bits per heavy atom. The van der Waals surface area contributed by atoms with Crippen molar-refractivity contribution in [3.63, 3.8) is 0 Å². The Kier molecular flexibility index (Phi) is 8.29. The summed E-state index contributed by atoms with van der Waals surface area (Å²) in [6.45, 7) is 8.74. The van der Waals surface area contributed by atoms with Gasteiger partial charge in [-0.25, -0.2) is 4.98 Å². The van der Waals surface area contributed by atoms with Crippen molar-refractivity contribution in [1.82, 2.24) is 20.2 Å². The Morgan fingerprint density at radius 1 is 1.28 bits per heavy atom. The first-order valence-corrected chi connectivity index (χ1v) is 10.1. The first kappa shape index (κ1) is 19.8. The van der Waals surface area contributed by atoms with Gasteiger partial charge in [0.25, 0.3) is 0 Å². The minimum absolute atomic E-state index is 0.461. The van der Waals surface area contributed by atoms with Gasteiger partial charge in [-0.05, 0) is 38.5 Å². The summed E-state index contributed by atoms with van der Waals surface area (Å²) in [5, 5.41) is 7.07. The van der Waals surface area contributed by atoms with Crippen LogP contribution in [0.1, 0.15) is 64.6 Å². The molecule has 1 aliphatic rings. The molecule has 2 unspecified atom stereocenters. The van der Waals surface area contributed by atoms with E-state index in [0.29, 0.717) is 12.0 Å². The highest BCUT2D eigenvalue weighted by Crippen LogP contribution is 2.31. The summed E-state index contributed by atoms with van der Waals surface area (Å²) >= 11 is 0. The van der Waals surface area contributed by atoms with Crippen LogP contribution >= 0.6 is 0 Å². The maximum atomic E-state index is 4.40. The van der Waals surface area contributed by atoms with E-state index in [-0.39, 0.29) is 0 Å². The summed E-state index contributed by atoms with van der Waals surface area (Å²) < 4.78 is 2.21. The van der Waals surface area contributed by atoms with Crippen molar-refractivity contribution in [1.29, 1.82) is 0 Å². The number of aryl methyl sites for hydroxylation is 2. The second-order valence-electron chi connectivity index (χ2n) is 7.56. The first-order valence-electron chi connectivity index (χ1n) is 10.1. The second kappa shape index (κ2) is 10.5. The first-order chi connectivity index (χ1) is 12.1. The number of hydrogen-bond donors (Lipinski definition) is 2. The lowest BCUT2D eigenvalue weighted by Crippen LogP contribution is -2.46. The fourth-order valence-electron chi connectivity index (χ4n) is 3.86. The number of aromatic nitrogens is 2. The molecule has 1 aliphatic carbocycles. The van der Waals surface area contributed by atoms with E-state index < -0.39 is 0 Å². The molecule has 0 aliphatic heterocycles. The van der Waals surface area contributed by atoms with E-state index in [9.17, 15) is 0 Å². The second-order valence-corrected chi connectivity index (χ2v) is 7.56. The van der Waals surface area contributed by atoms with Crippen LogP contribution in [0, 0.1) is 18.8 Å². The summed E-state index contributed by atoms with van der Waals surface area (Å²) in [6, 6.07) is 0.461. The maximum absolute atomic E-state index is 4.40. The molecule has 1 heterocycles. The monoisotopic (exact) mass is 347 g/mol. The molecule has 25 heavy (non-hydrogen) atoms. The number of imidazole rings is 1. The Labute approximate surface area is 153 Å². The largest absolute Gasteiger partial charge is 0.356 e. The molecular weight excluding hydrogens is 310 g/mol. The number of rotatable bonds is 8. The van der Waals surface area contributed by atoms with Crippen molar-refractivity contribution in [2.24, 2.45) is 16.8 Å². The van der Waals surface area contributed by atoms with Crippen LogP contribution in [0.4, 0.5) is 0 Å². The van der Waals surface area contributed by atoms with Crippen LogP contribution in [-0.4, -0.2) is 35.1 Å². The highest BCUT2D eigenvalue weighted by atomic mass is 15.2. The molecule has 0 bridgehead atoms. The molecule has 0 radical (unpaired) electrons. The van der Waals surface area contributed by atoms with Crippen LogP contribution in [0.25, 0.3) is 0 Å². The van der Waals surface area contributed by atoms with Gasteiger partial charge in [0.1, 0.15) is 5.82 Å². The van der Waals surface area contributed by atoms with Gasteiger partial charge >= 0.3 is 0 Å². The van der Waals surface area contributed by atoms with E-state index in [0.717, 1.165) is 43.6 Å². The van der Waals surface area contributed by atoms with Gasteiger partial charge in [-0.1, -0.05) is 39.0 Å². The van der Waals surface area contributed by atoms with E-state index in [2.05, 4.69) is 52.1 Å². The molecule has 2 atom stereocenters. The lowest BCUT2D eigenvalue weighted by Gasteiger charge is -2.32. The van der Waals surface area contributed by atoms with E-state index in [1.165, 1.54) is 32.1 Å². The van der Waals surface area contributed by atoms with Gasteiger partial charge in [-0.15, -0.1) is 0 Å². The summed E-state index contributed by atoms with van der Waals surface area (Å²) in [6.07, 6.45) is 13.2. The van der Waals surface area contributed by atoms with Crippen LogP contribution in [0.3, 0.4) is 0 Å². The minimum atomic E-state index is 0.461. The Morgan fingerprint density at radius 2 is 2.04 bits per heavy atom. The molecule has 0 amide bonds. The van der Waals surface area contributed by atoms with Crippen LogP contribution < -0.4 is 10.6 Å².